The van der Waals surface area contributed by atoms with Crippen LogP contribution in [0.4, 0.5) is 8.78 Å². The Morgan fingerprint density at radius 1 is 1.07 bits per heavy atom. The standard InChI is InChI=1S/C19H21F2NO4S2/c1-13-10-16(6-7-17(13)21)28(25,26)19-12-27(23,24)11-18(19)22-9-8-14-2-4-15(20)5-3-14/h2-7,10,18-19,22H,8-9,11-12H2,1H3. The third-order valence-corrected chi connectivity index (χ3v) is 9.04. The van der Waals surface area contributed by atoms with Crippen LogP contribution in [-0.2, 0) is 26.1 Å². The van der Waals surface area contributed by atoms with Crippen molar-refractivity contribution in [1.82, 2.24) is 5.32 Å². The molecule has 2 unspecified atom stereocenters. The fourth-order valence-electron chi connectivity index (χ4n) is 3.33. The molecule has 0 spiro atoms. The first-order chi connectivity index (χ1) is 13.1. The molecule has 0 saturated carbocycles. The van der Waals surface area contributed by atoms with Crippen LogP contribution < -0.4 is 5.32 Å². The molecule has 152 valence electrons. The largest absolute Gasteiger partial charge is 0.311 e. The summed E-state index contributed by atoms with van der Waals surface area (Å²) in [5.74, 6) is -1.62. The molecular formula is C19H21F2NO4S2. The van der Waals surface area contributed by atoms with Gasteiger partial charge < -0.3 is 5.32 Å². The number of aryl methyl sites for hydroxylation is 1. The van der Waals surface area contributed by atoms with Crippen LogP contribution in [0.1, 0.15) is 11.1 Å². The fourth-order valence-corrected chi connectivity index (χ4v) is 8.13. The summed E-state index contributed by atoms with van der Waals surface area (Å²) in [6, 6.07) is 8.61. The average molecular weight is 430 g/mol. The molecule has 5 nitrogen and oxygen atoms in total. The highest BCUT2D eigenvalue weighted by molar-refractivity contribution is 7.96. The lowest BCUT2D eigenvalue weighted by Gasteiger charge is -2.20. The van der Waals surface area contributed by atoms with Crippen molar-refractivity contribution in [3.05, 3.63) is 65.2 Å². The maximum Gasteiger partial charge on any atom is 0.183 e. The van der Waals surface area contributed by atoms with Gasteiger partial charge >= 0.3 is 0 Å². The molecule has 1 heterocycles. The molecule has 1 fully saturated rings. The van der Waals surface area contributed by atoms with Gasteiger partial charge in [0.15, 0.2) is 19.7 Å². The minimum atomic E-state index is -3.96. The highest BCUT2D eigenvalue weighted by Gasteiger charge is 2.45. The van der Waals surface area contributed by atoms with Crippen LogP contribution in [0.25, 0.3) is 0 Å². The van der Waals surface area contributed by atoms with Crippen molar-refractivity contribution in [3.8, 4) is 0 Å². The molecule has 0 bridgehead atoms. The summed E-state index contributed by atoms with van der Waals surface area (Å²) in [5, 5.41) is 1.88. The second-order valence-electron chi connectivity index (χ2n) is 7.01. The average Bonchev–Trinajstić information content (AvgIpc) is 2.94. The van der Waals surface area contributed by atoms with Crippen molar-refractivity contribution in [2.45, 2.75) is 29.5 Å². The van der Waals surface area contributed by atoms with Crippen molar-refractivity contribution in [1.29, 1.82) is 0 Å². The Kier molecular flexibility index (Phi) is 5.88. The van der Waals surface area contributed by atoms with Crippen LogP contribution in [0.15, 0.2) is 47.4 Å². The van der Waals surface area contributed by atoms with Gasteiger partial charge in [-0.3, -0.25) is 0 Å². The van der Waals surface area contributed by atoms with Crippen molar-refractivity contribution < 1.29 is 25.6 Å². The van der Waals surface area contributed by atoms with E-state index in [1.54, 1.807) is 12.1 Å². The van der Waals surface area contributed by atoms with E-state index in [1.807, 2.05) is 0 Å². The van der Waals surface area contributed by atoms with E-state index in [1.165, 1.54) is 25.1 Å². The Balaban J connectivity index is 1.77. The quantitative estimate of drug-likeness (QED) is 0.711. The van der Waals surface area contributed by atoms with Crippen LogP contribution in [0.2, 0.25) is 0 Å². The topological polar surface area (TPSA) is 80.3 Å². The van der Waals surface area contributed by atoms with Gasteiger partial charge in [0.1, 0.15) is 11.6 Å². The van der Waals surface area contributed by atoms with Gasteiger partial charge in [-0.05, 0) is 61.3 Å². The van der Waals surface area contributed by atoms with E-state index in [2.05, 4.69) is 5.32 Å². The summed E-state index contributed by atoms with van der Waals surface area (Å²) in [5.41, 5.74) is 1.03. The second kappa shape index (κ2) is 7.88. The van der Waals surface area contributed by atoms with Crippen LogP contribution in [0.5, 0.6) is 0 Å². The van der Waals surface area contributed by atoms with E-state index in [9.17, 15) is 25.6 Å². The number of rotatable bonds is 6. The maximum absolute atomic E-state index is 13.5. The highest BCUT2D eigenvalue weighted by Crippen LogP contribution is 2.27. The Labute approximate surface area is 163 Å². The molecule has 2 atom stereocenters. The Hall–Kier alpha value is -1.84. The molecular weight excluding hydrogens is 408 g/mol. The minimum absolute atomic E-state index is 0.0844. The van der Waals surface area contributed by atoms with Gasteiger partial charge in [0.05, 0.1) is 21.7 Å². The normalized spacial score (nSPS) is 21.7. The molecule has 2 aromatic rings. The molecule has 1 aliphatic rings. The summed E-state index contributed by atoms with van der Waals surface area (Å²) < 4.78 is 76.7. The summed E-state index contributed by atoms with van der Waals surface area (Å²) >= 11 is 0. The van der Waals surface area contributed by atoms with Gasteiger partial charge in [-0.25, -0.2) is 25.6 Å². The first-order valence-corrected chi connectivity index (χ1v) is 12.1. The molecule has 0 radical (unpaired) electrons. The first-order valence-electron chi connectivity index (χ1n) is 8.77. The number of benzene rings is 2. The van der Waals surface area contributed by atoms with E-state index < -0.39 is 42.5 Å². The van der Waals surface area contributed by atoms with E-state index in [0.29, 0.717) is 13.0 Å². The third-order valence-electron chi connectivity index (χ3n) is 4.89. The van der Waals surface area contributed by atoms with Gasteiger partial charge in [-0.15, -0.1) is 0 Å². The van der Waals surface area contributed by atoms with Crippen LogP contribution >= 0.6 is 0 Å². The number of hydrogen-bond donors (Lipinski definition) is 1. The number of sulfone groups is 2. The van der Waals surface area contributed by atoms with Crippen molar-refractivity contribution >= 4 is 19.7 Å². The van der Waals surface area contributed by atoms with Gasteiger partial charge in [0.2, 0.25) is 0 Å². The predicted octanol–water partition coefficient (Wildman–Crippen LogP) is 2.04. The lowest BCUT2D eigenvalue weighted by Crippen LogP contribution is -2.44. The summed E-state index contributed by atoms with van der Waals surface area (Å²) in [6.07, 6.45) is 0.499. The van der Waals surface area contributed by atoms with Crippen LogP contribution in [-0.4, -0.2) is 46.2 Å². The van der Waals surface area contributed by atoms with Gasteiger partial charge in [-0.1, -0.05) is 12.1 Å². The fraction of sp³-hybridized carbons (Fsp3) is 0.368. The molecule has 0 aliphatic carbocycles. The van der Waals surface area contributed by atoms with Crippen LogP contribution in [0, 0.1) is 18.6 Å². The second-order valence-corrected chi connectivity index (χ2v) is 11.3. The minimum Gasteiger partial charge on any atom is -0.311 e. The van der Waals surface area contributed by atoms with E-state index >= 15 is 0 Å². The maximum atomic E-state index is 13.5. The zero-order valence-electron chi connectivity index (χ0n) is 15.2. The molecule has 0 amide bonds. The lowest BCUT2D eigenvalue weighted by atomic mass is 10.1. The molecule has 1 N–H and O–H groups in total. The van der Waals surface area contributed by atoms with Gasteiger partial charge in [0, 0.05) is 6.04 Å². The lowest BCUT2D eigenvalue weighted by molar-refractivity contribution is 0.528. The summed E-state index contributed by atoms with van der Waals surface area (Å²) in [4.78, 5) is -0.0844. The zero-order valence-corrected chi connectivity index (χ0v) is 16.9. The SMILES string of the molecule is Cc1cc(S(=O)(=O)C2CS(=O)(=O)CC2NCCc2ccc(F)cc2)ccc1F. The number of nitrogens with one attached hydrogen (secondary N) is 1. The van der Waals surface area contributed by atoms with Crippen molar-refractivity contribution in [2.24, 2.45) is 0 Å². The smallest absolute Gasteiger partial charge is 0.183 e. The molecule has 3 rings (SSSR count). The molecule has 28 heavy (non-hydrogen) atoms. The van der Waals surface area contributed by atoms with Crippen LogP contribution in [0.3, 0.4) is 0 Å². The number of hydrogen-bond acceptors (Lipinski definition) is 5. The Morgan fingerprint density at radius 2 is 1.75 bits per heavy atom. The van der Waals surface area contributed by atoms with E-state index in [0.717, 1.165) is 17.7 Å². The Morgan fingerprint density at radius 3 is 2.39 bits per heavy atom. The highest BCUT2D eigenvalue weighted by atomic mass is 32.2. The zero-order chi connectivity index (χ0) is 20.5. The van der Waals surface area contributed by atoms with E-state index in [4.69, 9.17) is 0 Å². The molecule has 9 heteroatoms. The van der Waals surface area contributed by atoms with Gasteiger partial charge in [0.25, 0.3) is 0 Å². The first kappa shape index (κ1) is 20.9. The third kappa shape index (κ3) is 4.59. The molecule has 0 aromatic heterocycles. The number of halogens is 2. The monoisotopic (exact) mass is 429 g/mol. The molecule has 1 saturated heterocycles. The predicted molar refractivity (Wildman–Crippen MR) is 103 cm³/mol. The summed E-state index contributed by atoms with van der Waals surface area (Å²) in [6.45, 7) is 1.80. The summed E-state index contributed by atoms with van der Waals surface area (Å²) in [7, 11) is -7.48. The molecule has 2 aromatic carbocycles. The van der Waals surface area contributed by atoms with Crippen molar-refractivity contribution in [2.75, 3.05) is 18.1 Å². The van der Waals surface area contributed by atoms with E-state index in [-0.39, 0.29) is 22.0 Å². The Bertz CT molecular complexity index is 1070. The molecule has 1 aliphatic heterocycles. The van der Waals surface area contributed by atoms with Crippen molar-refractivity contribution in [3.63, 3.8) is 0 Å². The van der Waals surface area contributed by atoms with Gasteiger partial charge in [-0.2, -0.15) is 0 Å².